The molecule has 0 N–H and O–H groups in total. The van der Waals surface area contributed by atoms with Crippen molar-refractivity contribution in [3.05, 3.63) is 25.3 Å². The van der Waals surface area contributed by atoms with Gasteiger partial charge in [0.05, 0.1) is 0 Å². The predicted octanol–water partition coefficient (Wildman–Crippen LogP) is 3.55. The summed E-state index contributed by atoms with van der Waals surface area (Å²) >= 11 is 0. The molecule has 0 atom stereocenters. The Hall–Kier alpha value is -0.520. The molecule has 0 nitrogen and oxygen atoms in total. The molecule has 0 bridgehead atoms. The summed E-state index contributed by atoms with van der Waals surface area (Å²) in [4.78, 5) is 0. The topological polar surface area (TPSA) is 0 Å². The third kappa shape index (κ3) is 2.53. The van der Waals surface area contributed by atoms with E-state index in [4.69, 9.17) is 0 Å². The molecule has 0 aromatic heterocycles. The van der Waals surface area contributed by atoms with Gasteiger partial charge in [-0.15, -0.1) is 13.2 Å². The summed E-state index contributed by atoms with van der Waals surface area (Å²) in [6.45, 7) is 7.61. The molecule has 0 amide bonds. The molecule has 0 aromatic rings. The van der Waals surface area contributed by atoms with Crippen molar-refractivity contribution in [1.29, 1.82) is 0 Å². The van der Waals surface area contributed by atoms with Crippen molar-refractivity contribution in [3.8, 4) is 0 Å². The van der Waals surface area contributed by atoms with Gasteiger partial charge in [-0.1, -0.05) is 12.2 Å². The summed E-state index contributed by atoms with van der Waals surface area (Å²) < 4.78 is 0. The van der Waals surface area contributed by atoms with Gasteiger partial charge >= 0.3 is 0 Å². The molecule has 1 rings (SSSR count). The van der Waals surface area contributed by atoms with Crippen molar-refractivity contribution in [2.45, 2.75) is 32.1 Å². The fourth-order valence-electron chi connectivity index (χ4n) is 1.90. The van der Waals surface area contributed by atoms with Crippen LogP contribution in [0.3, 0.4) is 0 Å². The zero-order chi connectivity index (χ0) is 8.10. The van der Waals surface area contributed by atoms with Gasteiger partial charge in [0.15, 0.2) is 0 Å². The Balaban J connectivity index is 2.23. The van der Waals surface area contributed by atoms with E-state index in [2.05, 4.69) is 25.3 Å². The van der Waals surface area contributed by atoms with E-state index in [0.717, 1.165) is 11.8 Å². The molecule has 1 saturated carbocycles. The summed E-state index contributed by atoms with van der Waals surface area (Å²) in [5.41, 5.74) is 0. The van der Waals surface area contributed by atoms with Gasteiger partial charge in [0.2, 0.25) is 0 Å². The first-order chi connectivity index (χ1) is 5.36. The number of allylic oxidation sites excluding steroid dienone is 2. The lowest BCUT2D eigenvalue weighted by molar-refractivity contribution is 0.313. The van der Waals surface area contributed by atoms with Crippen LogP contribution in [0.15, 0.2) is 25.3 Å². The minimum absolute atomic E-state index is 0.802. The van der Waals surface area contributed by atoms with Crippen LogP contribution in [0.25, 0.3) is 0 Å². The minimum atomic E-state index is 0.802. The third-order valence-corrected chi connectivity index (χ3v) is 2.72. The van der Waals surface area contributed by atoms with Gasteiger partial charge in [-0.3, -0.25) is 0 Å². The summed E-state index contributed by atoms with van der Waals surface area (Å²) in [6, 6.07) is 0. The second-order valence-corrected chi connectivity index (χ2v) is 3.54. The molecule has 0 radical (unpaired) electrons. The maximum absolute atomic E-state index is 3.84. The third-order valence-electron chi connectivity index (χ3n) is 2.72. The molecule has 0 aromatic carbocycles. The van der Waals surface area contributed by atoms with Gasteiger partial charge in [0.25, 0.3) is 0 Å². The molecular weight excluding hydrogens is 132 g/mol. The van der Waals surface area contributed by atoms with Crippen LogP contribution in [-0.4, -0.2) is 0 Å². The Kier molecular flexibility index (Phi) is 3.41. The van der Waals surface area contributed by atoms with Gasteiger partial charge < -0.3 is 0 Å². The van der Waals surface area contributed by atoms with E-state index in [1.807, 2.05) is 0 Å². The van der Waals surface area contributed by atoms with Crippen LogP contribution in [0, 0.1) is 11.8 Å². The number of hydrogen-bond donors (Lipinski definition) is 0. The predicted molar refractivity (Wildman–Crippen MR) is 50.5 cm³/mol. The Morgan fingerprint density at radius 3 is 2.18 bits per heavy atom. The van der Waals surface area contributed by atoms with Crippen molar-refractivity contribution >= 4 is 0 Å². The Morgan fingerprint density at radius 2 is 1.73 bits per heavy atom. The van der Waals surface area contributed by atoms with Gasteiger partial charge in [-0.2, -0.15) is 0 Å². The van der Waals surface area contributed by atoms with Crippen molar-refractivity contribution in [3.63, 3.8) is 0 Å². The van der Waals surface area contributed by atoms with Gasteiger partial charge in [-0.25, -0.2) is 0 Å². The van der Waals surface area contributed by atoms with Crippen LogP contribution in [0.5, 0.6) is 0 Å². The van der Waals surface area contributed by atoms with Crippen molar-refractivity contribution < 1.29 is 0 Å². The smallest absolute Gasteiger partial charge is 0.0236 e. The molecule has 0 heterocycles. The molecule has 0 heteroatoms. The van der Waals surface area contributed by atoms with Crippen LogP contribution in [0.4, 0.5) is 0 Å². The summed E-state index contributed by atoms with van der Waals surface area (Å²) in [5, 5.41) is 0. The van der Waals surface area contributed by atoms with E-state index in [9.17, 15) is 0 Å². The average molecular weight is 150 g/mol. The number of hydrogen-bond acceptors (Lipinski definition) is 0. The van der Waals surface area contributed by atoms with Crippen LogP contribution in [-0.2, 0) is 0 Å². The second-order valence-electron chi connectivity index (χ2n) is 3.54. The first-order valence-corrected chi connectivity index (χ1v) is 4.60. The highest BCUT2D eigenvalue weighted by molar-refractivity contribution is 4.85. The zero-order valence-corrected chi connectivity index (χ0v) is 7.26. The monoisotopic (exact) mass is 150 g/mol. The Labute approximate surface area is 70.0 Å². The molecule has 1 aliphatic rings. The SMILES string of the molecule is C=CCC1CCC(C=C)CC1. The first-order valence-electron chi connectivity index (χ1n) is 4.60. The van der Waals surface area contributed by atoms with Gasteiger partial charge in [-0.05, 0) is 43.9 Å². The van der Waals surface area contributed by atoms with Crippen molar-refractivity contribution in [2.75, 3.05) is 0 Å². The fraction of sp³-hybridized carbons (Fsp3) is 0.636. The quantitative estimate of drug-likeness (QED) is 0.540. The van der Waals surface area contributed by atoms with Crippen LogP contribution in [0.2, 0.25) is 0 Å². The van der Waals surface area contributed by atoms with Crippen LogP contribution < -0.4 is 0 Å². The van der Waals surface area contributed by atoms with Gasteiger partial charge in [0.1, 0.15) is 0 Å². The lowest BCUT2D eigenvalue weighted by atomic mass is 9.81. The van der Waals surface area contributed by atoms with E-state index < -0.39 is 0 Å². The maximum atomic E-state index is 3.84. The highest BCUT2D eigenvalue weighted by Gasteiger charge is 2.17. The lowest BCUT2D eigenvalue weighted by Crippen LogP contribution is -2.11. The zero-order valence-electron chi connectivity index (χ0n) is 7.26. The molecule has 1 aliphatic carbocycles. The molecule has 0 unspecified atom stereocenters. The van der Waals surface area contributed by atoms with Gasteiger partial charge in [0, 0.05) is 0 Å². The largest absolute Gasteiger partial charge is 0.103 e. The Bertz CT molecular complexity index is 127. The van der Waals surface area contributed by atoms with E-state index >= 15 is 0 Å². The summed E-state index contributed by atoms with van der Waals surface area (Å²) in [7, 11) is 0. The molecule has 62 valence electrons. The van der Waals surface area contributed by atoms with E-state index in [1.165, 1.54) is 32.1 Å². The van der Waals surface area contributed by atoms with E-state index in [-0.39, 0.29) is 0 Å². The molecule has 0 saturated heterocycles. The van der Waals surface area contributed by atoms with E-state index in [1.54, 1.807) is 0 Å². The Morgan fingerprint density at radius 1 is 1.09 bits per heavy atom. The van der Waals surface area contributed by atoms with E-state index in [0.29, 0.717) is 0 Å². The summed E-state index contributed by atoms with van der Waals surface area (Å²) in [5.74, 6) is 1.72. The first kappa shape index (κ1) is 8.58. The normalized spacial score (nSPS) is 31.3. The van der Waals surface area contributed by atoms with Crippen molar-refractivity contribution in [1.82, 2.24) is 0 Å². The molecular formula is C11H18. The molecule has 1 fully saturated rings. The minimum Gasteiger partial charge on any atom is -0.103 e. The lowest BCUT2D eigenvalue weighted by Gasteiger charge is -2.25. The molecule has 0 aliphatic heterocycles. The molecule has 11 heavy (non-hydrogen) atoms. The standard InChI is InChI=1S/C11H18/c1-3-5-11-8-6-10(4-2)7-9-11/h3-4,10-11H,1-2,5-9H2. The van der Waals surface area contributed by atoms with Crippen molar-refractivity contribution in [2.24, 2.45) is 11.8 Å². The van der Waals surface area contributed by atoms with Crippen LogP contribution in [0.1, 0.15) is 32.1 Å². The highest BCUT2D eigenvalue weighted by atomic mass is 14.2. The number of rotatable bonds is 3. The maximum Gasteiger partial charge on any atom is -0.0236 e. The second kappa shape index (κ2) is 4.38. The molecule has 0 spiro atoms. The fourth-order valence-corrected chi connectivity index (χ4v) is 1.90. The van der Waals surface area contributed by atoms with Crippen LogP contribution >= 0.6 is 0 Å². The summed E-state index contributed by atoms with van der Waals surface area (Å²) in [6.07, 6.45) is 10.8. The highest BCUT2D eigenvalue weighted by Crippen LogP contribution is 2.31. The average Bonchev–Trinajstić information content (AvgIpc) is 2.07.